The topological polar surface area (TPSA) is 63.1 Å². The average molecular weight is 212 g/mol. The van der Waals surface area contributed by atoms with E-state index in [0.717, 1.165) is 5.69 Å². The summed E-state index contributed by atoms with van der Waals surface area (Å²) in [5.41, 5.74) is 0.894. The van der Waals surface area contributed by atoms with E-state index >= 15 is 0 Å². The van der Waals surface area contributed by atoms with E-state index in [9.17, 15) is 4.79 Å². The van der Waals surface area contributed by atoms with Gasteiger partial charge in [-0.2, -0.15) is 0 Å². The van der Waals surface area contributed by atoms with E-state index in [1.807, 2.05) is 19.9 Å². The van der Waals surface area contributed by atoms with E-state index in [1.54, 1.807) is 6.20 Å². The molecular weight excluding hydrogens is 200 g/mol. The molecule has 0 spiro atoms. The van der Waals surface area contributed by atoms with Crippen molar-refractivity contribution in [3.8, 4) is 0 Å². The zero-order valence-electron chi connectivity index (χ0n) is 8.10. The van der Waals surface area contributed by atoms with Crippen molar-refractivity contribution in [2.45, 2.75) is 30.7 Å². The zero-order valence-corrected chi connectivity index (χ0v) is 8.91. The van der Waals surface area contributed by atoms with Crippen LogP contribution in [0.3, 0.4) is 0 Å². The smallest absolute Gasteiger partial charge is 0.304 e. The Morgan fingerprint density at radius 3 is 3.00 bits per heavy atom. The van der Waals surface area contributed by atoms with Crippen molar-refractivity contribution in [2.24, 2.45) is 0 Å². The molecule has 0 bridgehead atoms. The Morgan fingerprint density at radius 2 is 2.43 bits per heavy atom. The molecule has 0 aliphatic rings. The van der Waals surface area contributed by atoms with Crippen LogP contribution in [0.4, 0.5) is 0 Å². The summed E-state index contributed by atoms with van der Waals surface area (Å²) in [5.74, 6) is -0.794. The number of carboxylic acids is 1. The first-order valence-corrected chi connectivity index (χ1v) is 5.14. The number of aliphatic carboxylic acids is 1. The summed E-state index contributed by atoms with van der Waals surface area (Å²) in [6.07, 6.45) is 1.81. The van der Waals surface area contributed by atoms with E-state index in [0.29, 0.717) is 5.16 Å². The van der Waals surface area contributed by atoms with Gasteiger partial charge in [-0.05, 0) is 13.0 Å². The molecule has 0 fully saturated rings. The Bertz CT molecular complexity index is 330. The van der Waals surface area contributed by atoms with Gasteiger partial charge in [0, 0.05) is 17.1 Å². The van der Waals surface area contributed by atoms with E-state index in [2.05, 4.69) is 9.97 Å². The minimum atomic E-state index is -0.794. The molecule has 1 rings (SSSR count). The lowest BCUT2D eigenvalue weighted by atomic mass is 10.3. The maximum atomic E-state index is 10.4. The summed E-state index contributed by atoms with van der Waals surface area (Å²) in [4.78, 5) is 18.6. The number of carbonyl (C=O) groups is 1. The molecule has 1 N–H and O–H groups in total. The van der Waals surface area contributed by atoms with Crippen LogP contribution in [0.5, 0.6) is 0 Å². The van der Waals surface area contributed by atoms with Crippen LogP contribution in [0.2, 0.25) is 0 Å². The Kier molecular flexibility index (Phi) is 3.88. The summed E-state index contributed by atoms with van der Waals surface area (Å²) in [6, 6.07) is 1.81. The zero-order chi connectivity index (χ0) is 10.6. The molecule has 0 aliphatic carbocycles. The van der Waals surface area contributed by atoms with Crippen molar-refractivity contribution in [1.82, 2.24) is 9.97 Å². The molecule has 4 nitrogen and oxygen atoms in total. The van der Waals surface area contributed by atoms with Gasteiger partial charge in [0.25, 0.3) is 0 Å². The third kappa shape index (κ3) is 3.74. The van der Waals surface area contributed by atoms with Gasteiger partial charge in [-0.1, -0.05) is 18.7 Å². The van der Waals surface area contributed by atoms with Crippen LogP contribution in [0.15, 0.2) is 17.4 Å². The molecule has 14 heavy (non-hydrogen) atoms. The molecule has 5 heteroatoms. The van der Waals surface area contributed by atoms with Crippen LogP contribution in [0.1, 0.15) is 19.0 Å². The van der Waals surface area contributed by atoms with Crippen LogP contribution in [-0.2, 0) is 4.79 Å². The summed E-state index contributed by atoms with van der Waals surface area (Å²) in [7, 11) is 0. The quantitative estimate of drug-likeness (QED) is 0.608. The summed E-state index contributed by atoms with van der Waals surface area (Å²) < 4.78 is 0. The van der Waals surface area contributed by atoms with Gasteiger partial charge in [0.15, 0.2) is 5.16 Å². The summed E-state index contributed by atoms with van der Waals surface area (Å²) in [5, 5.41) is 9.19. The van der Waals surface area contributed by atoms with Crippen molar-refractivity contribution in [3.05, 3.63) is 18.0 Å². The minimum Gasteiger partial charge on any atom is -0.481 e. The standard InChI is InChI=1S/C9H12N2O2S/c1-6-3-4-10-9(11-6)14-7(2)5-8(12)13/h3-4,7H,5H2,1-2H3,(H,12,13). The highest BCUT2D eigenvalue weighted by Crippen LogP contribution is 2.21. The van der Waals surface area contributed by atoms with Crippen LogP contribution < -0.4 is 0 Å². The van der Waals surface area contributed by atoms with Crippen LogP contribution in [0, 0.1) is 6.92 Å². The first kappa shape index (κ1) is 11.0. The van der Waals surface area contributed by atoms with Crippen LogP contribution >= 0.6 is 11.8 Å². The SMILES string of the molecule is Cc1ccnc(SC(C)CC(=O)O)n1. The highest BCUT2D eigenvalue weighted by molar-refractivity contribution is 7.99. The van der Waals surface area contributed by atoms with E-state index in [1.165, 1.54) is 11.8 Å². The summed E-state index contributed by atoms with van der Waals surface area (Å²) in [6.45, 7) is 3.73. The molecular formula is C9H12N2O2S. The third-order valence-corrected chi connectivity index (χ3v) is 2.52. The van der Waals surface area contributed by atoms with Crippen LogP contribution in [-0.4, -0.2) is 26.3 Å². The molecule has 1 aromatic heterocycles. The Balaban J connectivity index is 2.55. The van der Waals surface area contributed by atoms with Gasteiger partial charge in [-0.15, -0.1) is 0 Å². The predicted octanol–water partition coefficient (Wildman–Crippen LogP) is 1.74. The van der Waals surface area contributed by atoms with E-state index in [-0.39, 0.29) is 11.7 Å². The van der Waals surface area contributed by atoms with Gasteiger partial charge >= 0.3 is 5.97 Å². The number of thioether (sulfide) groups is 1. The Hall–Kier alpha value is -1.10. The Morgan fingerprint density at radius 1 is 1.71 bits per heavy atom. The molecule has 76 valence electrons. The number of aromatic nitrogens is 2. The van der Waals surface area contributed by atoms with Crippen molar-refractivity contribution >= 4 is 17.7 Å². The lowest BCUT2D eigenvalue weighted by Crippen LogP contribution is -2.06. The number of carboxylic acid groups (broad SMARTS) is 1. The van der Waals surface area contributed by atoms with Crippen molar-refractivity contribution in [2.75, 3.05) is 0 Å². The number of hydrogen-bond donors (Lipinski definition) is 1. The molecule has 1 heterocycles. The maximum Gasteiger partial charge on any atom is 0.304 e. The molecule has 1 unspecified atom stereocenters. The molecule has 0 amide bonds. The van der Waals surface area contributed by atoms with Gasteiger partial charge in [-0.3, -0.25) is 4.79 Å². The Labute approximate surface area is 86.8 Å². The number of aryl methyl sites for hydroxylation is 1. The van der Waals surface area contributed by atoms with Crippen molar-refractivity contribution in [3.63, 3.8) is 0 Å². The van der Waals surface area contributed by atoms with Gasteiger partial charge in [0.2, 0.25) is 0 Å². The first-order valence-electron chi connectivity index (χ1n) is 4.26. The number of rotatable bonds is 4. The molecule has 0 radical (unpaired) electrons. The van der Waals surface area contributed by atoms with Gasteiger partial charge in [0.1, 0.15) is 0 Å². The largest absolute Gasteiger partial charge is 0.481 e. The number of nitrogens with zero attached hydrogens (tertiary/aromatic N) is 2. The van der Waals surface area contributed by atoms with Crippen molar-refractivity contribution in [1.29, 1.82) is 0 Å². The first-order chi connectivity index (χ1) is 6.58. The van der Waals surface area contributed by atoms with Gasteiger partial charge < -0.3 is 5.11 Å². The maximum absolute atomic E-state index is 10.4. The van der Waals surface area contributed by atoms with E-state index < -0.39 is 5.97 Å². The molecule has 0 aromatic carbocycles. The summed E-state index contributed by atoms with van der Waals surface area (Å²) >= 11 is 1.38. The van der Waals surface area contributed by atoms with Gasteiger partial charge in [-0.25, -0.2) is 9.97 Å². The average Bonchev–Trinajstić information content (AvgIpc) is 2.01. The second-order valence-electron chi connectivity index (χ2n) is 3.01. The molecule has 1 atom stereocenters. The lowest BCUT2D eigenvalue weighted by molar-refractivity contribution is -0.136. The normalized spacial score (nSPS) is 12.4. The fourth-order valence-electron chi connectivity index (χ4n) is 0.950. The minimum absolute atomic E-state index is 0.00528. The fraction of sp³-hybridized carbons (Fsp3) is 0.444. The van der Waals surface area contributed by atoms with E-state index in [4.69, 9.17) is 5.11 Å². The highest BCUT2D eigenvalue weighted by atomic mass is 32.2. The fourth-order valence-corrected chi connectivity index (χ4v) is 1.85. The molecule has 1 aromatic rings. The second kappa shape index (κ2) is 4.95. The monoisotopic (exact) mass is 212 g/mol. The number of hydrogen-bond acceptors (Lipinski definition) is 4. The third-order valence-electron chi connectivity index (χ3n) is 1.54. The molecule has 0 saturated heterocycles. The van der Waals surface area contributed by atoms with Crippen molar-refractivity contribution < 1.29 is 9.90 Å². The predicted molar refractivity (Wildman–Crippen MR) is 54.3 cm³/mol. The molecule has 0 saturated carbocycles. The highest BCUT2D eigenvalue weighted by Gasteiger charge is 2.10. The molecule has 0 aliphatic heterocycles. The van der Waals surface area contributed by atoms with Crippen LogP contribution in [0.25, 0.3) is 0 Å². The second-order valence-corrected chi connectivity index (χ2v) is 4.41. The van der Waals surface area contributed by atoms with Gasteiger partial charge in [0.05, 0.1) is 6.42 Å². The lowest BCUT2D eigenvalue weighted by Gasteiger charge is -2.06.